The minimum atomic E-state index is 0.584. The summed E-state index contributed by atoms with van der Waals surface area (Å²) in [4.78, 5) is 8.90. The van der Waals surface area contributed by atoms with Crippen LogP contribution in [-0.4, -0.2) is 28.4 Å². The summed E-state index contributed by atoms with van der Waals surface area (Å²) in [5.41, 5.74) is 9.30. The number of aromatic nitrogens is 2. The van der Waals surface area contributed by atoms with Crippen molar-refractivity contribution in [3.05, 3.63) is 47.1 Å². The highest BCUT2D eigenvalue weighted by molar-refractivity contribution is 7.98. The van der Waals surface area contributed by atoms with Crippen LogP contribution in [0.4, 0.5) is 23.0 Å². The summed E-state index contributed by atoms with van der Waals surface area (Å²) in [6.07, 6.45) is 1.71. The average molecular weight is 375 g/mol. The van der Waals surface area contributed by atoms with E-state index in [2.05, 4.69) is 20.0 Å². The van der Waals surface area contributed by atoms with Crippen molar-refractivity contribution in [2.45, 2.75) is 6.92 Å². The van der Waals surface area contributed by atoms with Crippen molar-refractivity contribution < 1.29 is 0 Å². The Morgan fingerprint density at radius 1 is 1.16 bits per heavy atom. The molecular formula is C17H19ClN6S. The molecule has 2 heterocycles. The van der Waals surface area contributed by atoms with E-state index in [1.165, 1.54) is 12.1 Å². The molecule has 0 fully saturated rings. The molecule has 0 aliphatic heterocycles. The van der Waals surface area contributed by atoms with Gasteiger partial charge in [-0.3, -0.25) is 0 Å². The fraction of sp³-hybridized carbons (Fsp3) is 0.176. The zero-order chi connectivity index (χ0) is 18.0. The van der Waals surface area contributed by atoms with Crippen molar-refractivity contribution in [2.75, 3.05) is 29.9 Å². The van der Waals surface area contributed by atoms with E-state index in [1.54, 1.807) is 6.20 Å². The van der Waals surface area contributed by atoms with Crippen LogP contribution in [0.3, 0.4) is 0 Å². The highest BCUT2D eigenvalue weighted by atomic mass is 35.5. The Morgan fingerprint density at radius 3 is 2.72 bits per heavy atom. The van der Waals surface area contributed by atoms with Gasteiger partial charge in [-0.05, 0) is 56.9 Å². The lowest BCUT2D eigenvalue weighted by molar-refractivity contribution is 0.706. The molecule has 0 aliphatic rings. The third kappa shape index (κ3) is 3.89. The quantitative estimate of drug-likeness (QED) is 0.569. The van der Waals surface area contributed by atoms with E-state index >= 15 is 0 Å². The van der Waals surface area contributed by atoms with Crippen LogP contribution in [0.15, 0.2) is 36.5 Å². The molecule has 0 bridgehead atoms. The number of nitrogens with one attached hydrogen (secondary N) is 2. The molecule has 130 valence electrons. The van der Waals surface area contributed by atoms with Gasteiger partial charge < -0.3 is 15.8 Å². The van der Waals surface area contributed by atoms with Crippen LogP contribution in [0.5, 0.6) is 0 Å². The van der Waals surface area contributed by atoms with Crippen molar-refractivity contribution in [1.82, 2.24) is 14.3 Å². The largest absolute Gasteiger partial charge is 0.396 e. The van der Waals surface area contributed by atoms with Gasteiger partial charge in [-0.25, -0.2) is 14.3 Å². The molecule has 0 spiro atoms. The Morgan fingerprint density at radius 2 is 1.96 bits per heavy atom. The summed E-state index contributed by atoms with van der Waals surface area (Å²) in [5.74, 6) is 1.22. The van der Waals surface area contributed by atoms with Gasteiger partial charge >= 0.3 is 0 Å². The molecule has 6 nitrogen and oxygen atoms in total. The van der Waals surface area contributed by atoms with Gasteiger partial charge in [-0.2, -0.15) is 0 Å². The third-order valence-electron chi connectivity index (χ3n) is 3.60. The maximum Gasteiger partial charge on any atom is 0.154 e. The van der Waals surface area contributed by atoms with Crippen LogP contribution < -0.4 is 15.8 Å². The number of nitrogens with zero attached hydrogens (tertiary/aromatic N) is 3. The highest BCUT2D eigenvalue weighted by Crippen LogP contribution is 2.32. The molecule has 0 unspecified atom stereocenters. The molecule has 0 aliphatic carbocycles. The van der Waals surface area contributed by atoms with E-state index in [-0.39, 0.29) is 0 Å². The number of anilines is 4. The lowest BCUT2D eigenvalue weighted by atomic mass is 10.2. The van der Waals surface area contributed by atoms with Crippen molar-refractivity contribution in [3.63, 3.8) is 0 Å². The molecule has 25 heavy (non-hydrogen) atoms. The van der Waals surface area contributed by atoms with E-state index in [0.29, 0.717) is 27.9 Å². The Kier molecular flexibility index (Phi) is 5.17. The summed E-state index contributed by atoms with van der Waals surface area (Å²) in [5, 5.41) is 4.69. The van der Waals surface area contributed by atoms with Gasteiger partial charge in [-0.1, -0.05) is 11.6 Å². The SMILES string of the molecule is Cc1ccnc(Nc2ccc3c(NSN(C)C)ccc(Cl)c3n2)c1N. The van der Waals surface area contributed by atoms with Crippen LogP contribution >= 0.6 is 23.7 Å². The molecule has 1 aromatic carbocycles. The minimum Gasteiger partial charge on any atom is -0.396 e. The second-order valence-corrected chi connectivity index (χ2v) is 7.23. The van der Waals surface area contributed by atoms with E-state index in [1.807, 2.05) is 55.7 Å². The van der Waals surface area contributed by atoms with Gasteiger partial charge in [0.25, 0.3) is 0 Å². The fourth-order valence-electron chi connectivity index (χ4n) is 2.27. The summed E-state index contributed by atoms with van der Waals surface area (Å²) in [7, 11) is 3.94. The summed E-state index contributed by atoms with van der Waals surface area (Å²) < 4.78 is 5.26. The molecule has 2 aromatic heterocycles. The van der Waals surface area contributed by atoms with Crippen molar-refractivity contribution in [3.8, 4) is 0 Å². The molecule has 3 aromatic rings. The number of halogens is 1. The first-order valence-corrected chi connectivity index (χ1v) is 8.78. The first-order valence-electron chi connectivity index (χ1n) is 7.63. The van der Waals surface area contributed by atoms with Crippen LogP contribution in [0.2, 0.25) is 5.02 Å². The number of rotatable bonds is 5. The van der Waals surface area contributed by atoms with Crippen LogP contribution in [0, 0.1) is 6.92 Å². The monoisotopic (exact) mass is 374 g/mol. The van der Waals surface area contributed by atoms with Gasteiger partial charge in [0, 0.05) is 23.7 Å². The molecule has 0 amide bonds. The number of nitrogens with two attached hydrogens (primary N) is 1. The number of hydrogen-bond acceptors (Lipinski definition) is 7. The number of aryl methyl sites for hydroxylation is 1. The summed E-state index contributed by atoms with van der Waals surface area (Å²) >= 11 is 7.83. The average Bonchev–Trinajstić information content (AvgIpc) is 2.58. The lowest BCUT2D eigenvalue weighted by Gasteiger charge is -2.14. The van der Waals surface area contributed by atoms with Crippen LogP contribution in [0.25, 0.3) is 10.9 Å². The standard InChI is InChI=1S/C17H19ClN6S/c1-10-8-9-20-17(15(10)19)22-14-7-4-11-13(23-25-24(2)3)6-5-12(18)16(11)21-14/h4-9,23H,19H2,1-3H3,(H,20,21,22). The molecule has 0 radical (unpaired) electrons. The maximum atomic E-state index is 6.35. The van der Waals surface area contributed by atoms with Gasteiger partial charge in [0.1, 0.15) is 5.82 Å². The number of benzene rings is 1. The molecular weight excluding hydrogens is 356 g/mol. The summed E-state index contributed by atoms with van der Waals surface area (Å²) in [6.45, 7) is 1.94. The van der Waals surface area contributed by atoms with Crippen LogP contribution in [-0.2, 0) is 0 Å². The Hall–Kier alpha value is -2.22. The van der Waals surface area contributed by atoms with Crippen molar-refractivity contribution in [2.24, 2.45) is 0 Å². The number of hydrogen-bond donors (Lipinski definition) is 3. The Balaban J connectivity index is 1.96. The molecule has 4 N–H and O–H groups in total. The van der Waals surface area contributed by atoms with Gasteiger partial charge in [0.15, 0.2) is 5.82 Å². The Bertz CT molecular complexity index is 915. The van der Waals surface area contributed by atoms with Crippen LogP contribution in [0.1, 0.15) is 5.56 Å². The smallest absolute Gasteiger partial charge is 0.154 e. The number of nitrogen functional groups attached to an aromatic ring is 1. The zero-order valence-electron chi connectivity index (χ0n) is 14.2. The highest BCUT2D eigenvalue weighted by Gasteiger charge is 2.10. The fourth-order valence-corrected chi connectivity index (χ4v) is 2.94. The van der Waals surface area contributed by atoms with Gasteiger partial charge in [0.2, 0.25) is 0 Å². The first-order chi connectivity index (χ1) is 12.0. The van der Waals surface area contributed by atoms with Crippen molar-refractivity contribution >= 4 is 57.6 Å². The number of fused-ring (bicyclic) bond motifs is 1. The second kappa shape index (κ2) is 7.35. The zero-order valence-corrected chi connectivity index (χ0v) is 15.7. The van der Waals surface area contributed by atoms with Crippen molar-refractivity contribution in [1.29, 1.82) is 0 Å². The molecule has 0 atom stereocenters. The molecule has 3 rings (SSSR count). The van der Waals surface area contributed by atoms with Gasteiger partial charge in [-0.15, -0.1) is 0 Å². The van der Waals surface area contributed by atoms with E-state index < -0.39 is 0 Å². The minimum absolute atomic E-state index is 0.584. The van der Waals surface area contributed by atoms with E-state index in [0.717, 1.165) is 16.6 Å². The normalized spacial score (nSPS) is 11.1. The third-order valence-corrected chi connectivity index (χ3v) is 4.58. The predicted octanol–water partition coefficient (Wildman–Crippen LogP) is 4.45. The molecule has 0 saturated carbocycles. The second-order valence-electron chi connectivity index (χ2n) is 5.71. The topological polar surface area (TPSA) is 79.1 Å². The van der Waals surface area contributed by atoms with E-state index in [4.69, 9.17) is 17.3 Å². The van der Waals surface area contributed by atoms with Gasteiger partial charge in [0.05, 0.1) is 21.9 Å². The van der Waals surface area contributed by atoms with E-state index in [9.17, 15) is 0 Å². The maximum absolute atomic E-state index is 6.35. The Labute approximate surface area is 156 Å². The molecule has 8 heteroatoms. The number of pyridine rings is 2. The predicted molar refractivity (Wildman–Crippen MR) is 108 cm³/mol. The lowest BCUT2D eigenvalue weighted by Crippen LogP contribution is -2.05. The summed E-state index contributed by atoms with van der Waals surface area (Å²) in [6, 6.07) is 9.49. The molecule has 0 saturated heterocycles. The first kappa shape index (κ1) is 17.6.